The third kappa shape index (κ3) is 5.36. The Kier molecular flexibility index (Phi) is 6.84. The molecule has 0 spiro atoms. The molecule has 0 aliphatic carbocycles. The maximum Gasteiger partial charge on any atom is 0.420 e. The number of nitrogens with two attached hydrogens (primary N) is 2. The topological polar surface area (TPSA) is 133 Å². The van der Waals surface area contributed by atoms with Gasteiger partial charge in [-0.25, -0.2) is 14.3 Å². The zero-order valence-electron chi connectivity index (χ0n) is 21.0. The largest absolute Gasteiger partial charge is 0.495 e. The van der Waals surface area contributed by atoms with E-state index in [4.69, 9.17) is 20.9 Å². The van der Waals surface area contributed by atoms with Crippen LogP contribution in [0.4, 0.5) is 35.3 Å². The van der Waals surface area contributed by atoms with E-state index in [0.29, 0.717) is 25.9 Å². The lowest BCUT2D eigenvalue weighted by molar-refractivity contribution is -0.136. The fraction of sp³-hybridized carbons (Fsp3) is 0.458. The Hall–Kier alpha value is -3.74. The van der Waals surface area contributed by atoms with Crippen molar-refractivity contribution in [3.8, 4) is 16.9 Å². The summed E-state index contributed by atoms with van der Waals surface area (Å²) in [5.41, 5.74) is 10.7. The average molecular weight is 522 g/mol. The van der Waals surface area contributed by atoms with E-state index in [9.17, 15) is 18.0 Å². The molecular weight excluding hydrogens is 491 g/mol. The van der Waals surface area contributed by atoms with Crippen LogP contribution in [0.15, 0.2) is 24.5 Å². The first-order chi connectivity index (χ1) is 17.3. The Morgan fingerprint density at radius 2 is 1.86 bits per heavy atom. The molecule has 3 aromatic rings. The molecule has 1 amide bonds. The SMILES string of the molecule is COc1cc(-c2c(C(F)(F)F)c(N3CCC(N)CC3)n3ncnc(N)c23)ccc1NC(=O)OC(C)(C)C. The number of carbonyl (C=O) groups excluding carboxylic acids is 1. The van der Waals surface area contributed by atoms with Crippen LogP contribution in [-0.2, 0) is 10.9 Å². The summed E-state index contributed by atoms with van der Waals surface area (Å²) in [6, 6.07) is 4.22. The molecule has 0 radical (unpaired) electrons. The summed E-state index contributed by atoms with van der Waals surface area (Å²) in [4.78, 5) is 17.9. The van der Waals surface area contributed by atoms with E-state index >= 15 is 0 Å². The minimum absolute atomic E-state index is 0.0228. The van der Waals surface area contributed by atoms with Crippen molar-refractivity contribution in [3.63, 3.8) is 0 Å². The normalized spacial score (nSPS) is 15.2. The van der Waals surface area contributed by atoms with Gasteiger partial charge in [0.05, 0.1) is 12.8 Å². The molecule has 1 aromatic carbocycles. The standard InChI is InChI=1S/C24H30F3N7O3/c1-23(2,3)37-22(35)32-15-6-5-13(11-16(15)36-4)17-18(24(25,26)27)21(33-9-7-14(28)8-10-33)34-19(17)20(29)30-12-31-34/h5-6,11-12,14H,7-10,28H2,1-4H3,(H,32,35)(H2,29,30,31). The van der Waals surface area contributed by atoms with Crippen molar-refractivity contribution in [2.24, 2.45) is 5.73 Å². The van der Waals surface area contributed by atoms with Crippen molar-refractivity contribution in [2.45, 2.75) is 51.4 Å². The molecule has 10 nitrogen and oxygen atoms in total. The zero-order chi connectivity index (χ0) is 27.1. The van der Waals surface area contributed by atoms with E-state index in [1.165, 1.54) is 29.8 Å². The second kappa shape index (κ2) is 9.61. The number of fused-ring (bicyclic) bond motifs is 1. The van der Waals surface area contributed by atoms with Crippen molar-refractivity contribution in [1.82, 2.24) is 14.6 Å². The molecule has 1 saturated heterocycles. The first-order valence-corrected chi connectivity index (χ1v) is 11.7. The Bertz CT molecular complexity index is 1310. The van der Waals surface area contributed by atoms with Crippen LogP contribution >= 0.6 is 0 Å². The van der Waals surface area contributed by atoms with Crippen molar-refractivity contribution in [2.75, 3.05) is 36.1 Å². The van der Waals surface area contributed by atoms with Gasteiger partial charge in [-0.1, -0.05) is 6.07 Å². The van der Waals surface area contributed by atoms with Gasteiger partial charge in [-0.2, -0.15) is 18.3 Å². The molecule has 4 rings (SSSR count). The predicted molar refractivity (Wildman–Crippen MR) is 134 cm³/mol. The van der Waals surface area contributed by atoms with Crippen LogP contribution in [-0.4, -0.2) is 52.5 Å². The van der Waals surface area contributed by atoms with Gasteiger partial charge < -0.3 is 25.8 Å². The number of carbonyl (C=O) groups is 1. The highest BCUT2D eigenvalue weighted by Crippen LogP contribution is 2.49. The van der Waals surface area contributed by atoms with Crippen LogP contribution in [0.25, 0.3) is 16.6 Å². The van der Waals surface area contributed by atoms with Crippen LogP contribution in [0.3, 0.4) is 0 Å². The third-order valence-corrected chi connectivity index (χ3v) is 5.98. The van der Waals surface area contributed by atoms with Gasteiger partial charge in [0.1, 0.15) is 34.6 Å². The summed E-state index contributed by atoms with van der Waals surface area (Å²) in [6.07, 6.45) is -3.27. The number of nitrogens with zero attached hydrogens (tertiary/aromatic N) is 4. The average Bonchev–Trinajstić information content (AvgIpc) is 3.16. The summed E-state index contributed by atoms with van der Waals surface area (Å²) >= 11 is 0. The molecule has 2 aromatic heterocycles. The lowest BCUT2D eigenvalue weighted by atomic mass is 9.99. The number of anilines is 3. The van der Waals surface area contributed by atoms with Gasteiger partial charge in [0, 0.05) is 24.7 Å². The smallest absolute Gasteiger partial charge is 0.420 e. The monoisotopic (exact) mass is 521 g/mol. The summed E-state index contributed by atoms with van der Waals surface area (Å²) in [6.45, 7) is 5.81. The van der Waals surface area contributed by atoms with Crippen LogP contribution in [0.5, 0.6) is 5.75 Å². The van der Waals surface area contributed by atoms with Crippen LogP contribution in [0.2, 0.25) is 0 Å². The first-order valence-electron chi connectivity index (χ1n) is 11.7. The van der Waals surface area contributed by atoms with Crippen LogP contribution in [0, 0.1) is 0 Å². The van der Waals surface area contributed by atoms with Gasteiger partial charge in [0.15, 0.2) is 5.82 Å². The first kappa shape index (κ1) is 26.3. The number of methoxy groups -OCH3 is 1. The predicted octanol–water partition coefficient (Wildman–Crippen LogP) is 4.28. The highest BCUT2D eigenvalue weighted by Gasteiger charge is 2.43. The zero-order valence-corrected chi connectivity index (χ0v) is 21.0. The van der Waals surface area contributed by atoms with Crippen molar-refractivity contribution >= 4 is 28.9 Å². The Balaban J connectivity index is 1.90. The second-order valence-electron chi connectivity index (χ2n) is 9.84. The Morgan fingerprint density at radius 1 is 1.19 bits per heavy atom. The van der Waals surface area contributed by atoms with Gasteiger partial charge in [0.25, 0.3) is 0 Å². The lowest BCUT2D eigenvalue weighted by Crippen LogP contribution is -2.41. The Labute approximate surface area is 211 Å². The minimum atomic E-state index is -4.74. The number of rotatable bonds is 4. The number of benzene rings is 1. The Morgan fingerprint density at radius 3 is 2.46 bits per heavy atom. The molecule has 200 valence electrons. The highest BCUT2D eigenvalue weighted by molar-refractivity contribution is 5.96. The number of aromatic nitrogens is 3. The molecule has 1 aliphatic heterocycles. The van der Waals surface area contributed by atoms with Gasteiger partial charge in [-0.15, -0.1) is 0 Å². The third-order valence-electron chi connectivity index (χ3n) is 5.98. The molecule has 5 N–H and O–H groups in total. The molecule has 13 heteroatoms. The number of hydrogen-bond acceptors (Lipinski definition) is 8. The molecule has 1 fully saturated rings. The highest BCUT2D eigenvalue weighted by atomic mass is 19.4. The van der Waals surface area contributed by atoms with Gasteiger partial charge in [-0.05, 0) is 51.3 Å². The molecule has 3 heterocycles. The number of alkyl halides is 3. The van der Waals surface area contributed by atoms with Gasteiger partial charge in [-0.3, -0.25) is 5.32 Å². The van der Waals surface area contributed by atoms with Gasteiger partial charge in [0.2, 0.25) is 0 Å². The van der Waals surface area contributed by atoms with E-state index in [0.717, 1.165) is 6.33 Å². The number of hydrogen-bond donors (Lipinski definition) is 3. The summed E-state index contributed by atoms with van der Waals surface area (Å²) in [7, 11) is 1.35. The fourth-order valence-electron chi connectivity index (χ4n) is 4.41. The number of piperidine rings is 1. The molecule has 0 atom stereocenters. The van der Waals surface area contributed by atoms with E-state index in [1.54, 1.807) is 25.7 Å². The summed E-state index contributed by atoms with van der Waals surface area (Å²) in [5.74, 6) is -0.0874. The lowest BCUT2D eigenvalue weighted by Gasteiger charge is -2.32. The van der Waals surface area contributed by atoms with E-state index in [2.05, 4.69) is 15.4 Å². The maximum absolute atomic E-state index is 14.7. The fourth-order valence-corrected chi connectivity index (χ4v) is 4.41. The van der Waals surface area contributed by atoms with Gasteiger partial charge >= 0.3 is 12.3 Å². The number of halogens is 3. The van der Waals surface area contributed by atoms with Crippen molar-refractivity contribution in [3.05, 3.63) is 30.1 Å². The van der Waals surface area contributed by atoms with E-state index in [1.807, 2.05) is 0 Å². The van der Waals surface area contributed by atoms with E-state index < -0.39 is 23.4 Å². The number of nitrogen functional groups attached to an aromatic ring is 1. The number of nitrogens with one attached hydrogen (secondary N) is 1. The summed E-state index contributed by atoms with van der Waals surface area (Å²) < 4.78 is 56.0. The minimum Gasteiger partial charge on any atom is -0.495 e. The molecule has 1 aliphatic rings. The van der Waals surface area contributed by atoms with Crippen LogP contribution < -0.4 is 26.4 Å². The number of amides is 1. The maximum atomic E-state index is 14.7. The molecular formula is C24H30F3N7O3. The molecule has 0 saturated carbocycles. The second-order valence-corrected chi connectivity index (χ2v) is 9.84. The number of ether oxygens (including phenoxy) is 2. The van der Waals surface area contributed by atoms with E-state index in [-0.39, 0.29) is 45.8 Å². The molecule has 37 heavy (non-hydrogen) atoms. The van der Waals surface area contributed by atoms with Crippen LogP contribution in [0.1, 0.15) is 39.2 Å². The molecule has 0 bridgehead atoms. The molecule has 0 unspecified atom stereocenters. The summed E-state index contributed by atoms with van der Waals surface area (Å²) in [5, 5.41) is 6.71. The van der Waals surface area contributed by atoms with Crippen molar-refractivity contribution in [1.29, 1.82) is 0 Å². The quantitative estimate of drug-likeness (QED) is 0.463. The van der Waals surface area contributed by atoms with Crippen molar-refractivity contribution < 1.29 is 27.4 Å².